The molecule has 1 rings (SSSR count). The van der Waals surface area contributed by atoms with Crippen molar-refractivity contribution in [3.63, 3.8) is 0 Å². The molecule has 120 valence electrons. The first-order valence-corrected chi connectivity index (χ1v) is 7.88. The highest BCUT2D eigenvalue weighted by Gasteiger charge is 2.26. The van der Waals surface area contributed by atoms with Gasteiger partial charge in [0.05, 0.1) is 12.4 Å². The molecule has 21 heavy (non-hydrogen) atoms. The minimum absolute atomic E-state index is 0.0134. The highest BCUT2D eigenvalue weighted by Crippen LogP contribution is 2.21. The average molecular weight is 294 g/mol. The molecule has 5 nitrogen and oxygen atoms in total. The van der Waals surface area contributed by atoms with Gasteiger partial charge in [-0.05, 0) is 24.8 Å². The number of carbonyl (C=O) groups is 1. The normalized spacial score (nSPS) is 13.1. The van der Waals surface area contributed by atoms with Gasteiger partial charge in [0.15, 0.2) is 0 Å². The van der Waals surface area contributed by atoms with Crippen molar-refractivity contribution in [3.05, 3.63) is 18.7 Å². The Morgan fingerprint density at radius 3 is 2.57 bits per heavy atom. The number of nitrogens with zero attached hydrogens (tertiary/aromatic N) is 2. The van der Waals surface area contributed by atoms with E-state index in [9.17, 15) is 4.79 Å². The van der Waals surface area contributed by atoms with Gasteiger partial charge in [-0.1, -0.05) is 33.6 Å². The van der Waals surface area contributed by atoms with Crippen LogP contribution in [0.1, 0.15) is 52.9 Å². The Bertz CT molecular complexity index is 395. The van der Waals surface area contributed by atoms with Crippen LogP contribution in [0.15, 0.2) is 18.7 Å². The van der Waals surface area contributed by atoms with Crippen molar-refractivity contribution in [2.75, 3.05) is 6.54 Å². The van der Waals surface area contributed by atoms with Gasteiger partial charge in [0.25, 0.3) is 0 Å². The van der Waals surface area contributed by atoms with Gasteiger partial charge in [0, 0.05) is 25.4 Å². The fourth-order valence-electron chi connectivity index (χ4n) is 2.19. The molecule has 1 amide bonds. The van der Waals surface area contributed by atoms with Crippen molar-refractivity contribution in [1.29, 1.82) is 0 Å². The molecule has 0 bridgehead atoms. The van der Waals surface area contributed by atoms with Crippen molar-refractivity contribution in [3.8, 4) is 0 Å². The van der Waals surface area contributed by atoms with E-state index in [0.717, 1.165) is 38.8 Å². The van der Waals surface area contributed by atoms with Crippen LogP contribution in [0.4, 0.5) is 0 Å². The predicted octanol–water partition coefficient (Wildman–Crippen LogP) is 2.32. The molecule has 0 fully saturated rings. The quantitative estimate of drug-likeness (QED) is 0.686. The predicted molar refractivity (Wildman–Crippen MR) is 85.8 cm³/mol. The number of aromatic nitrogens is 2. The summed E-state index contributed by atoms with van der Waals surface area (Å²) in [4.78, 5) is 16.2. The molecule has 0 saturated carbocycles. The maximum Gasteiger partial charge on any atom is 0.220 e. The average Bonchev–Trinajstić information content (AvgIpc) is 2.89. The Balaban J connectivity index is 2.40. The molecule has 0 aliphatic heterocycles. The van der Waals surface area contributed by atoms with E-state index in [0.29, 0.717) is 6.42 Å². The molecule has 0 spiro atoms. The minimum Gasteiger partial charge on any atom is -0.351 e. The van der Waals surface area contributed by atoms with E-state index in [1.807, 2.05) is 10.8 Å². The molecular formula is C16H30N4O. The number of imidazole rings is 1. The number of rotatable bonds is 9. The van der Waals surface area contributed by atoms with Crippen LogP contribution >= 0.6 is 0 Å². The maximum atomic E-state index is 12.1. The van der Waals surface area contributed by atoms with Gasteiger partial charge in [0.1, 0.15) is 0 Å². The van der Waals surface area contributed by atoms with Gasteiger partial charge in [-0.2, -0.15) is 0 Å². The first kappa shape index (κ1) is 17.7. The highest BCUT2D eigenvalue weighted by molar-refractivity contribution is 5.76. The Labute approximate surface area is 128 Å². The van der Waals surface area contributed by atoms with E-state index in [4.69, 9.17) is 5.73 Å². The van der Waals surface area contributed by atoms with E-state index in [-0.39, 0.29) is 17.4 Å². The van der Waals surface area contributed by atoms with Crippen LogP contribution in [0.25, 0.3) is 0 Å². The zero-order chi connectivity index (χ0) is 15.7. The van der Waals surface area contributed by atoms with Crippen molar-refractivity contribution >= 4 is 5.91 Å². The summed E-state index contributed by atoms with van der Waals surface area (Å²) in [6.07, 6.45) is 10.3. The Kier molecular flexibility index (Phi) is 7.43. The number of hydrogen-bond acceptors (Lipinski definition) is 3. The molecule has 1 heterocycles. The summed E-state index contributed by atoms with van der Waals surface area (Å²) >= 11 is 0. The fraction of sp³-hybridized carbons (Fsp3) is 0.750. The highest BCUT2D eigenvalue weighted by atomic mass is 16.1. The largest absolute Gasteiger partial charge is 0.351 e. The SMILES string of the molecule is CC(C)(C)C(Cn1ccnc1)NC(=O)CCCCCCN. The Hall–Kier alpha value is -1.36. The minimum atomic E-state index is 0.0134. The summed E-state index contributed by atoms with van der Waals surface area (Å²) in [6.45, 7) is 7.94. The molecule has 3 N–H and O–H groups in total. The van der Waals surface area contributed by atoms with E-state index in [1.54, 1.807) is 12.5 Å². The Morgan fingerprint density at radius 2 is 2.00 bits per heavy atom. The lowest BCUT2D eigenvalue weighted by molar-refractivity contribution is -0.122. The molecule has 5 heteroatoms. The van der Waals surface area contributed by atoms with Crippen LogP contribution in [0.5, 0.6) is 0 Å². The molecule has 0 aliphatic rings. The van der Waals surface area contributed by atoms with Gasteiger partial charge in [0.2, 0.25) is 5.91 Å². The van der Waals surface area contributed by atoms with Gasteiger partial charge in [-0.3, -0.25) is 4.79 Å². The molecule has 1 aromatic heterocycles. The van der Waals surface area contributed by atoms with E-state index >= 15 is 0 Å². The summed E-state index contributed by atoms with van der Waals surface area (Å²) in [5.74, 6) is 0.141. The van der Waals surface area contributed by atoms with E-state index < -0.39 is 0 Å². The van der Waals surface area contributed by atoms with Crippen LogP contribution in [-0.4, -0.2) is 28.0 Å². The smallest absolute Gasteiger partial charge is 0.220 e. The third-order valence-corrected chi connectivity index (χ3v) is 3.69. The summed E-state index contributed by atoms with van der Waals surface area (Å²) in [7, 11) is 0. The molecule has 0 saturated heterocycles. The molecule has 1 aromatic rings. The van der Waals surface area contributed by atoms with Crippen LogP contribution in [-0.2, 0) is 11.3 Å². The lowest BCUT2D eigenvalue weighted by Crippen LogP contribution is -2.46. The van der Waals surface area contributed by atoms with Gasteiger partial charge in [-0.15, -0.1) is 0 Å². The molecular weight excluding hydrogens is 264 g/mol. The topological polar surface area (TPSA) is 72.9 Å². The second-order valence-electron chi connectivity index (χ2n) is 6.70. The molecule has 1 unspecified atom stereocenters. The third-order valence-electron chi connectivity index (χ3n) is 3.69. The Morgan fingerprint density at radius 1 is 1.29 bits per heavy atom. The monoisotopic (exact) mass is 294 g/mol. The summed E-state index contributed by atoms with van der Waals surface area (Å²) in [5.41, 5.74) is 5.48. The number of carbonyl (C=O) groups excluding carboxylic acids is 1. The second kappa shape index (κ2) is 8.82. The first-order chi connectivity index (χ1) is 9.93. The lowest BCUT2D eigenvalue weighted by atomic mass is 9.86. The number of amides is 1. The number of nitrogens with one attached hydrogen (secondary N) is 1. The van der Waals surface area contributed by atoms with Crippen LogP contribution in [0.2, 0.25) is 0 Å². The number of unbranched alkanes of at least 4 members (excludes halogenated alkanes) is 3. The zero-order valence-corrected chi connectivity index (χ0v) is 13.6. The van der Waals surface area contributed by atoms with Crippen molar-refractivity contribution in [2.24, 2.45) is 11.1 Å². The van der Waals surface area contributed by atoms with Gasteiger partial charge >= 0.3 is 0 Å². The third kappa shape index (κ3) is 7.27. The lowest BCUT2D eigenvalue weighted by Gasteiger charge is -2.31. The summed E-state index contributed by atoms with van der Waals surface area (Å²) < 4.78 is 2.01. The molecule has 1 atom stereocenters. The van der Waals surface area contributed by atoms with Crippen LogP contribution in [0.3, 0.4) is 0 Å². The standard InChI is InChI=1S/C16H30N4O/c1-16(2,3)14(12-20-11-10-18-13-20)19-15(21)8-6-4-5-7-9-17/h10-11,13-14H,4-9,12,17H2,1-3H3,(H,19,21). The fourth-order valence-corrected chi connectivity index (χ4v) is 2.19. The first-order valence-electron chi connectivity index (χ1n) is 7.88. The maximum absolute atomic E-state index is 12.1. The summed E-state index contributed by atoms with van der Waals surface area (Å²) in [6, 6.07) is 0.100. The van der Waals surface area contributed by atoms with Crippen LogP contribution < -0.4 is 11.1 Å². The zero-order valence-electron chi connectivity index (χ0n) is 13.6. The molecule has 0 radical (unpaired) electrons. The number of nitrogens with two attached hydrogens (primary N) is 1. The molecule has 0 aromatic carbocycles. The summed E-state index contributed by atoms with van der Waals surface area (Å²) in [5, 5.41) is 3.17. The van der Waals surface area contributed by atoms with E-state index in [2.05, 4.69) is 31.1 Å². The van der Waals surface area contributed by atoms with Gasteiger partial charge in [-0.25, -0.2) is 4.98 Å². The van der Waals surface area contributed by atoms with Crippen LogP contribution in [0, 0.1) is 5.41 Å². The van der Waals surface area contributed by atoms with Crippen molar-refractivity contribution in [1.82, 2.24) is 14.9 Å². The number of hydrogen-bond donors (Lipinski definition) is 2. The van der Waals surface area contributed by atoms with Gasteiger partial charge < -0.3 is 15.6 Å². The van der Waals surface area contributed by atoms with E-state index in [1.165, 1.54) is 0 Å². The van der Waals surface area contributed by atoms with Crippen molar-refractivity contribution in [2.45, 2.75) is 65.5 Å². The molecule has 0 aliphatic carbocycles. The van der Waals surface area contributed by atoms with Crippen molar-refractivity contribution < 1.29 is 4.79 Å². The second-order valence-corrected chi connectivity index (χ2v) is 6.70.